The minimum Gasteiger partial charge on any atom is -0.392 e. The van der Waals surface area contributed by atoms with Crippen LogP contribution in [0, 0.1) is 12.7 Å². The molecule has 0 aliphatic rings. The van der Waals surface area contributed by atoms with Gasteiger partial charge in [-0.25, -0.2) is 4.39 Å². The van der Waals surface area contributed by atoms with Crippen molar-refractivity contribution in [3.8, 4) is 11.1 Å². The zero-order valence-corrected chi connectivity index (χ0v) is 19.3. The molecule has 0 heterocycles. The van der Waals surface area contributed by atoms with Crippen LogP contribution in [0.4, 0.5) is 4.39 Å². The first-order chi connectivity index (χ1) is 14.3. The van der Waals surface area contributed by atoms with E-state index in [1.807, 2.05) is 12.1 Å². The largest absolute Gasteiger partial charge is 0.392 e. The topological polar surface area (TPSA) is 20.2 Å². The Morgan fingerprint density at radius 3 is 1.93 bits per heavy atom. The predicted octanol–water partition coefficient (Wildman–Crippen LogP) is 7.83. The Morgan fingerprint density at radius 2 is 1.40 bits per heavy atom. The van der Waals surface area contributed by atoms with Gasteiger partial charge in [-0.05, 0) is 76.4 Å². The summed E-state index contributed by atoms with van der Waals surface area (Å²) in [4.78, 5) is 1.04. The summed E-state index contributed by atoms with van der Waals surface area (Å²) in [6.45, 7) is 10.9. The molecule has 158 valence electrons. The van der Waals surface area contributed by atoms with Crippen molar-refractivity contribution >= 4 is 11.8 Å². The first-order valence-electron chi connectivity index (χ1n) is 10.6. The first kappa shape index (κ1) is 22.6. The molecule has 0 aromatic heterocycles. The van der Waals surface area contributed by atoms with Gasteiger partial charge in [0.05, 0.1) is 6.61 Å². The zero-order valence-electron chi connectivity index (χ0n) is 18.5. The highest BCUT2D eigenvalue weighted by molar-refractivity contribution is 7.98. The lowest BCUT2D eigenvalue weighted by atomic mass is 9.82. The van der Waals surface area contributed by atoms with E-state index in [-0.39, 0.29) is 12.4 Å². The average Bonchev–Trinajstić information content (AvgIpc) is 2.72. The molecule has 3 aromatic carbocycles. The minimum absolute atomic E-state index is 0.0172. The number of aryl methyl sites for hydroxylation is 1. The van der Waals surface area contributed by atoms with E-state index < -0.39 is 0 Å². The Hall–Kier alpha value is -2.10. The molecular formula is C27H31FOS. The SMILES string of the molecule is Cc1ccc(-c2c(CO)c(C(C)C)cc(C(C)C)c2CSc2ccc(F)cc2)cc1. The van der Waals surface area contributed by atoms with Gasteiger partial charge in [0.25, 0.3) is 0 Å². The lowest BCUT2D eigenvalue weighted by Crippen LogP contribution is -2.08. The van der Waals surface area contributed by atoms with E-state index in [9.17, 15) is 9.50 Å². The third kappa shape index (κ3) is 4.96. The normalized spacial score (nSPS) is 11.5. The van der Waals surface area contributed by atoms with Crippen LogP contribution in [0.25, 0.3) is 11.1 Å². The summed E-state index contributed by atoms with van der Waals surface area (Å²) in [5, 5.41) is 10.4. The molecule has 3 rings (SSSR count). The fraction of sp³-hybridized carbons (Fsp3) is 0.333. The van der Waals surface area contributed by atoms with E-state index in [0.29, 0.717) is 11.8 Å². The predicted molar refractivity (Wildman–Crippen MR) is 127 cm³/mol. The van der Waals surface area contributed by atoms with E-state index in [1.54, 1.807) is 11.8 Å². The molecule has 0 aliphatic carbocycles. The molecule has 30 heavy (non-hydrogen) atoms. The number of hydrogen-bond donors (Lipinski definition) is 1. The van der Waals surface area contributed by atoms with Gasteiger partial charge in [0.2, 0.25) is 0 Å². The molecule has 3 aromatic rings. The molecule has 0 amide bonds. The van der Waals surface area contributed by atoms with Crippen LogP contribution >= 0.6 is 11.8 Å². The molecule has 0 saturated carbocycles. The lowest BCUT2D eigenvalue weighted by Gasteiger charge is -2.25. The standard InChI is InChI=1S/C27H31FOS/c1-17(2)23-14-24(18(3)4)26(16-30-22-12-10-21(28)11-13-22)27(25(23)15-29)20-8-6-19(5)7-9-20/h6-14,17-18,29H,15-16H2,1-5H3. The monoisotopic (exact) mass is 422 g/mol. The molecule has 0 spiro atoms. The van der Waals surface area contributed by atoms with Crippen LogP contribution in [-0.2, 0) is 12.4 Å². The van der Waals surface area contributed by atoms with Crippen LogP contribution in [0.15, 0.2) is 59.5 Å². The Balaban J connectivity index is 2.20. The van der Waals surface area contributed by atoms with E-state index in [0.717, 1.165) is 27.3 Å². The lowest BCUT2D eigenvalue weighted by molar-refractivity contribution is 0.280. The molecule has 0 radical (unpaired) electrons. The van der Waals surface area contributed by atoms with Crippen molar-refractivity contribution in [3.05, 3.63) is 88.2 Å². The molecule has 1 nitrogen and oxygen atoms in total. The van der Waals surface area contributed by atoms with Gasteiger partial charge in [-0.2, -0.15) is 0 Å². The summed E-state index contributed by atoms with van der Waals surface area (Å²) in [7, 11) is 0. The van der Waals surface area contributed by atoms with E-state index >= 15 is 0 Å². The maximum absolute atomic E-state index is 13.3. The molecule has 0 atom stereocenters. The van der Waals surface area contributed by atoms with Gasteiger partial charge in [-0.1, -0.05) is 63.6 Å². The van der Waals surface area contributed by atoms with E-state index in [1.165, 1.54) is 34.4 Å². The number of aliphatic hydroxyl groups excluding tert-OH is 1. The number of aliphatic hydroxyl groups is 1. The molecule has 0 aliphatic heterocycles. The number of halogens is 1. The summed E-state index contributed by atoms with van der Waals surface area (Å²) >= 11 is 1.71. The van der Waals surface area contributed by atoms with Crippen LogP contribution in [0.3, 0.4) is 0 Å². The molecule has 1 N–H and O–H groups in total. The van der Waals surface area contributed by atoms with Crippen molar-refractivity contribution in [2.45, 2.75) is 63.7 Å². The van der Waals surface area contributed by atoms with Crippen molar-refractivity contribution in [1.82, 2.24) is 0 Å². The molecular weight excluding hydrogens is 391 g/mol. The highest BCUT2D eigenvalue weighted by Gasteiger charge is 2.22. The van der Waals surface area contributed by atoms with Gasteiger partial charge in [-0.3, -0.25) is 0 Å². The Bertz CT molecular complexity index is 989. The highest BCUT2D eigenvalue weighted by Crippen LogP contribution is 2.41. The second-order valence-electron chi connectivity index (χ2n) is 8.46. The number of rotatable bonds is 7. The Kier molecular flexibility index (Phi) is 7.38. The van der Waals surface area contributed by atoms with Crippen LogP contribution in [0.1, 0.15) is 67.3 Å². The van der Waals surface area contributed by atoms with Crippen LogP contribution in [0.5, 0.6) is 0 Å². The summed E-state index contributed by atoms with van der Waals surface area (Å²) in [5.41, 5.74) is 8.33. The zero-order chi connectivity index (χ0) is 21.8. The van der Waals surface area contributed by atoms with Gasteiger partial charge in [0.15, 0.2) is 0 Å². The Morgan fingerprint density at radius 1 is 0.833 bits per heavy atom. The van der Waals surface area contributed by atoms with Crippen molar-refractivity contribution in [1.29, 1.82) is 0 Å². The highest BCUT2D eigenvalue weighted by atomic mass is 32.2. The first-order valence-corrected chi connectivity index (χ1v) is 11.5. The molecule has 0 saturated heterocycles. The van der Waals surface area contributed by atoms with Gasteiger partial charge >= 0.3 is 0 Å². The molecule has 3 heteroatoms. The quantitative estimate of drug-likeness (QED) is 0.391. The summed E-state index contributed by atoms with van der Waals surface area (Å²) < 4.78 is 13.3. The van der Waals surface area contributed by atoms with Crippen LogP contribution < -0.4 is 0 Å². The summed E-state index contributed by atoms with van der Waals surface area (Å²) in [5.74, 6) is 1.25. The number of benzene rings is 3. The fourth-order valence-electron chi connectivity index (χ4n) is 3.92. The van der Waals surface area contributed by atoms with Gasteiger partial charge in [0.1, 0.15) is 5.82 Å². The maximum Gasteiger partial charge on any atom is 0.123 e. The molecule has 0 fully saturated rings. The smallest absolute Gasteiger partial charge is 0.123 e. The van der Waals surface area contributed by atoms with Crippen molar-refractivity contribution in [2.75, 3.05) is 0 Å². The van der Waals surface area contributed by atoms with Crippen LogP contribution in [0.2, 0.25) is 0 Å². The number of hydrogen-bond acceptors (Lipinski definition) is 2. The second-order valence-corrected chi connectivity index (χ2v) is 9.51. The third-order valence-corrected chi connectivity index (χ3v) is 6.59. The van der Waals surface area contributed by atoms with E-state index in [4.69, 9.17) is 0 Å². The van der Waals surface area contributed by atoms with Crippen LogP contribution in [-0.4, -0.2) is 5.11 Å². The fourth-order valence-corrected chi connectivity index (χ4v) is 4.87. The van der Waals surface area contributed by atoms with Crippen molar-refractivity contribution in [2.24, 2.45) is 0 Å². The third-order valence-electron chi connectivity index (χ3n) is 5.55. The molecule has 0 bridgehead atoms. The van der Waals surface area contributed by atoms with Gasteiger partial charge in [0, 0.05) is 10.6 Å². The Labute approximate surface area is 184 Å². The van der Waals surface area contributed by atoms with Gasteiger partial charge in [-0.15, -0.1) is 11.8 Å². The van der Waals surface area contributed by atoms with Crippen molar-refractivity contribution in [3.63, 3.8) is 0 Å². The minimum atomic E-state index is -0.216. The summed E-state index contributed by atoms with van der Waals surface area (Å²) in [6.07, 6.45) is 0. The summed E-state index contributed by atoms with van der Waals surface area (Å²) in [6, 6.07) is 17.5. The number of thioether (sulfide) groups is 1. The van der Waals surface area contributed by atoms with Gasteiger partial charge < -0.3 is 5.11 Å². The van der Waals surface area contributed by atoms with E-state index in [2.05, 4.69) is 65.0 Å². The average molecular weight is 423 g/mol. The molecule has 0 unspecified atom stereocenters. The maximum atomic E-state index is 13.3. The second kappa shape index (κ2) is 9.80. The van der Waals surface area contributed by atoms with Crippen molar-refractivity contribution < 1.29 is 9.50 Å².